The van der Waals surface area contributed by atoms with Crippen molar-refractivity contribution in [3.05, 3.63) is 58.0 Å². The highest BCUT2D eigenvalue weighted by Gasteiger charge is 2.20. The molecule has 3 aromatic rings. The van der Waals surface area contributed by atoms with Gasteiger partial charge in [0.15, 0.2) is 0 Å². The largest absolute Gasteiger partial charge is 0.345 e. The van der Waals surface area contributed by atoms with Gasteiger partial charge in [0.25, 0.3) is 15.9 Å². The molecule has 0 aliphatic rings. The minimum Gasteiger partial charge on any atom is -0.345 e. The third-order valence-corrected chi connectivity index (χ3v) is 6.17. The maximum absolute atomic E-state index is 12.9. The number of nitrogens with one attached hydrogen (secondary N) is 1. The van der Waals surface area contributed by atoms with Crippen molar-refractivity contribution in [3.63, 3.8) is 0 Å². The van der Waals surface area contributed by atoms with Gasteiger partial charge in [0, 0.05) is 39.4 Å². The van der Waals surface area contributed by atoms with Crippen LogP contribution in [0.3, 0.4) is 0 Å². The van der Waals surface area contributed by atoms with Crippen LogP contribution in [0.25, 0.3) is 11.0 Å². The predicted molar refractivity (Wildman–Crippen MR) is 108 cm³/mol. The lowest BCUT2D eigenvalue weighted by atomic mass is 10.2. The van der Waals surface area contributed by atoms with Crippen LogP contribution in [-0.4, -0.2) is 42.5 Å². The summed E-state index contributed by atoms with van der Waals surface area (Å²) >= 11 is 0. The van der Waals surface area contributed by atoms with E-state index in [-0.39, 0.29) is 16.5 Å². The molecular formula is C19H22N4O4S. The number of anilines is 1. The Morgan fingerprint density at radius 2 is 1.54 bits per heavy atom. The first-order chi connectivity index (χ1) is 13.0. The number of carbonyl (C=O) groups excluding carboxylic acids is 1. The SMILES string of the molecule is Cc1cc2c(cc1S(=O)(=O)Nc1ccc(C(=O)N(C)C)cc1)n(C)c(=O)n2C. The summed E-state index contributed by atoms with van der Waals surface area (Å²) in [6.07, 6.45) is 0. The van der Waals surface area contributed by atoms with E-state index in [0.717, 1.165) is 0 Å². The van der Waals surface area contributed by atoms with E-state index in [1.807, 2.05) is 0 Å². The van der Waals surface area contributed by atoms with E-state index < -0.39 is 10.0 Å². The Kier molecular flexibility index (Phi) is 4.80. The third kappa shape index (κ3) is 3.29. The predicted octanol–water partition coefficient (Wildman–Crippen LogP) is 1.69. The van der Waals surface area contributed by atoms with Crippen molar-refractivity contribution in [3.8, 4) is 0 Å². The summed E-state index contributed by atoms with van der Waals surface area (Å²) in [5, 5.41) is 0. The molecule has 28 heavy (non-hydrogen) atoms. The van der Waals surface area contributed by atoms with Crippen LogP contribution in [0.5, 0.6) is 0 Å². The summed E-state index contributed by atoms with van der Waals surface area (Å²) in [6.45, 7) is 1.68. The van der Waals surface area contributed by atoms with Crippen molar-refractivity contribution in [2.24, 2.45) is 14.1 Å². The number of fused-ring (bicyclic) bond motifs is 1. The summed E-state index contributed by atoms with van der Waals surface area (Å²) < 4.78 is 31.3. The molecular weight excluding hydrogens is 380 g/mol. The molecule has 0 bridgehead atoms. The maximum atomic E-state index is 12.9. The zero-order valence-corrected chi connectivity index (χ0v) is 17.2. The van der Waals surface area contributed by atoms with Crippen molar-refractivity contribution in [1.82, 2.24) is 14.0 Å². The van der Waals surface area contributed by atoms with Crippen molar-refractivity contribution in [2.45, 2.75) is 11.8 Å². The molecule has 3 rings (SSSR count). The highest BCUT2D eigenvalue weighted by molar-refractivity contribution is 7.92. The molecule has 0 spiro atoms. The highest BCUT2D eigenvalue weighted by Crippen LogP contribution is 2.24. The summed E-state index contributed by atoms with van der Waals surface area (Å²) in [6, 6.07) is 9.40. The Morgan fingerprint density at radius 1 is 1.00 bits per heavy atom. The van der Waals surface area contributed by atoms with E-state index in [2.05, 4.69) is 4.72 Å². The third-order valence-electron chi connectivity index (χ3n) is 4.65. The van der Waals surface area contributed by atoms with Crippen molar-refractivity contribution in [2.75, 3.05) is 18.8 Å². The van der Waals surface area contributed by atoms with Crippen LogP contribution in [0.4, 0.5) is 5.69 Å². The quantitative estimate of drug-likeness (QED) is 0.719. The molecule has 0 unspecified atom stereocenters. The topological polar surface area (TPSA) is 93.4 Å². The second-order valence-corrected chi connectivity index (χ2v) is 8.54. The second-order valence-electron chi connectivity index (χ2n) is 6.89. The van der Waals surface area contributed by atoms with Gasteiger partial charge in [-0.05, 0) is 48.9 Å². The molecule has 0 saturated carbocycles. The number of rotatable bonds is 4. The molecule has 0 fully saturated rings. The molecule has 0 saturated heterocycles. The maximum Gasteiger partial charge on any atom is 0.328 e. The molecule has 148 valence electrons. The standard InChI is InChI=1S/C19H22N4O4S/c1-12-10-15-16(23(5)19(25)22(15)4)11-17(12)28(26,27)20-14-8-6-13(7-9-14)18(24)21(2)3/h6-11,20H,1-5H3. The van der Waals surface area contributed by atoms with Crippen LogP contribution in [0.1, 0.15) is 15.9 Å². The van der Waals surface area contributed by atoms with E-state index in [1.165, 1.54) is 20.1 Å². The van der Waals surface area contributed by atoms with Gasteiger partial charge in [0.05, 0.1) is 15.9 Å². The Labute approximate surface area is 163 Å². The van der Waals surface area contributed by atoms with Gasteiger partial charge in [-0.1, -0.05) is 0 Å². The Balaban J connectivity index is 1.99. The molecule has 0 aliphatic heterocycles. The molecule has 2 aromatic carbocycles. The molecule has 1 aromatic heterocycles. The van der Waals surface area contributed by atoms with Gasteiger partial charge in [-0.15, -0.1) is 0 Å². The van der Waals surface area contributed by atoms with Crippen LogP contribution in [0, 0.1) is 6.92 Å². The first kappa shape index (κ1) is 19.7. The Morgan fingerprint density at radius 3 is 2.07 bits per heavy atom. The fourth-order valence-electron chi connectivity index (χ4n) is 3.07. The molecule has 9 heteroatoms. The van der Waals surface area contributed by atoms with Gasteiger partial charge in [0.2, 0.25) is 0 Å². The van der Waals surface area contributed by atoms with Gasteiger partial charge in [-0.25, -0.2) is 13.2 Å². The fourth-order valence-corrected chi connectivity index (χ4v) is 4.38. The average molecular weight is 402 g/mol. The zero-order valence-electron chi connectivity index (χ0n) is 16.3. The van der Waals surface area contributed by atoms with Crippen LogP contribution < -0.4 is 10.4 Å². The summed E-state index contributed by atoms with van der Waals surface area (Å²) in [4.78, 5) is 25.6. The number of sulfonamides is 1. The number of aromatic nitrogens is 2. The van der Waals surface area contributed by atoms with Crippen LogP contribution >= 0.6 is 0 Å². The van der Waals surface area contributed by atoms with Gasteiger partial charge in [-0.2, -0.15) is 0 Å². The zero-order chi connectivity index (χ0) is 20.8. The fraction of sp³-hybridized carbons (Fsp3) is 0.263. The number of amides is 1. The van der Waals surface area contributed by atoms with E-state index in [4.69, 9.17) is 0 Å². The van der Waals surface area contributed by atoms with Crippen molar-refractivity contribution < 1.29 is 13.2 Å². The lowest BCUT2D eigenvalue weighted by molar-refractivity contribution is 0.0827. The van der Waals surface area contributed by atoms with Gasteiger partial charge in [-0.3, -0.25) is 18.7 Å². The number of hydrogen-bond donors (Lipinski definition) is 1. The van der Waals surface area contributed by atoms with Gasteiger partial charge < -0.3 is 4.90 Å². The summed E-state index contributed by atoms with van der Waals surface area (Å²) in [5.74, 6) is -0.166. The van der Waals surface area contributed by atoms with Crippen molar-refractivity contribution in [1.29, 1.82) is 0 Å². The van der Waals surface area contributed by atoms with E-state index in [9.17, 15) is 18.0 Å². The van der Waals surface area contributed by atoms with Gasteiger partial charge in [0.1, 0.15) is 0 Å². The number of nitrogens with zero attached hydrogens (tertiary/aromatic N) is 3. The van der Waals surface area contributed by atoms with Crippen LogP contribution in [0.15, 0.2) is 46.1 Å². The van der Waals surface area contributed by atoms with Crippen molar-refractivity contribution >= 4 is 32.7 Å². The van der Waals surface area contributed by atoms with Crippen LogP contribution in [-0.2, 0) is 24.1 Å². The first-order valence-electron chi connectivity index (χ1n) is 8.53. The molecule has 1 N–H and O–H groups in total. The number of hydrogen-bond acceptors (Lipinski definition) is 4. The molecule has 0 aliphatic carbocycles. The molecule has 1 heterocycles. The normalized spacial score (nSPS) is 11.6. The molecule has 1 amide bonds. The average Bonchev–Trinajstić information content (AvgIpc) is 2.84. The molecule has 0 radical (unpaired) electrons. The lowest BCUT2D eigenvalue weighted by Gasteiger charge is -2.13. The molecule has 0 atom stereocenters. The minimum absolute atomic E-state index is 0.0923. The second kappa shape index (κ2) is 6.83. The smallest absolute Gasteiger partial charge is 0.328 e. The van der Waals surface area contributed by atoms with Gasteiger partial charge >= 0.3 is 5.69 Å². The highest BCUT2D eigenvalue weighted by atomic mass is 32.2. The lowest BCUT2D eigenvalue weighted by Crippen LogP contribution is -2.21. The van der Waals surface area contributed by atoms with E-state index in [1.54, 1.807) is 65.4 Å². The summed E-state index contributed by atoms with van der Waals surface area (Å²) in [5.41, 5.74) is 2.31. The number of aryl methyl sites for hydroxylation is 3. The van der Waals surface area contributed by atoms with E-state index >= 15 is 0 Å². The minimum atomic E-state index is -3.88. The Hall–Kier alpha value is -3.07. The number of imidazole rings is 1. The monoisotopic (exact) mass is 402 g/mol. The Bertz CT molecular complexity index is 1240. The van der Waals surface area contributed by atoms with E-state index in [0.29, 0.717) is 27.8 Å². The molecule has 8 nitrogen and oxygen atoms in total. The first-order valence-corrected chi connectivity index (χ1v) is 10.0. The van der Waals surface area contributed by atoms with Crippen LogP contribution in [0.2, 0.25) is 0 Å². The summed E-state index contributed by atoms with van der Waals surface area (Å²) in [7, 11) is 2.67. The number of benzene rings is 2. The number of carbonyl (C=O) groups is 1.